The van der Waals surface area contributed by atoms with Crippen LogP contribution < -0.4 is 5.73 Å². The molecule has 122 valence electrons. The first-order valence-corrected chi connectivity index (χ1v) is 7.51. The van der Waals surface area contributed by atoms with Gasteiger partial charge in [-0.1, -0.05) is 0 Å². The highest BCUT2D eigenvalue weighted by Gasteiger charge is 2.33. The number of halogens is 2. The van der Waals surface area contributed by atoms with Crippen molar-refractivity contribution >= 4 is 42.1 Å². The van der Waals surface area contributed by atoms with Crippen LogP contribution in [0.15, 0.2) is 29.0 Å². The number of hydrogen-bond acceptors (Lipinski definition) is 5. The summed E-state index contributed by atoms with van der Waals surface area (Å²) in [6.07, 6.45) is 4.21. The van der Waals surface area contributed by atoms with Crippen LogP contribution >= 0.6 is 36.2 Å². The predicted molar refractivity (Wildman–Crippen MR) is 92.0 cm³/mol. The number of nitrogens with two attached hydrogens (primary N) is 1. The number of likely N-dealkylation sites (tertiary alicyclic amines) is 1. The number of thiazole rings is 1. The predicted octanol–water partition coefficient (Wildman–Crippen LogP) is 3.06. The van der Waals surface area contributed by atoms with Crippen LogP contribution in [0.4, 0.5) is 0 Å². The lowest BCUT2D eigenvalue weighted by atomic mass is 10.1. The Kier molecular flexibility index (Phi) is 6.87. The first-order chi connectivity index (χ1) is 9.69. The van der Waals surface area contributed by atoms with E-state index < -0.39 is 0 Å². The first-order valence-electron chi connectivity index (χ1n) is 6.69. The first kappa shape index (κ1) is 19.0. The summed E-state index contributed by atoms with van der Waals surface area (Å²) in [5.74, 6) is 1.15. The van der Waals surface area contributed by atoms with Gasteiger partial charge in [-0.15, -0.1) is 36.2 Å². The molecular formula is C14H19Cl2N3O2S. The van der Waals surface area contributed by atoms with Gasteiger partial charge in [0.1, 0.15) is 4.88 Å². The van der Waals surface area contributed by atoms with E-state index in [1.54, 1.807) is 12.5 Å². The van der Waals surface area contributed by atoms with Crippen molar-refractivity contribution in [3.05, 3.63) is 29.5 Å². The largest absolute Gasteiger partial charge is 0.462 e. The van der Waals surface area contributed by atoms with Gasteiger partial charge in [-0.25, -0.2) is 4.98 Å². The van der Waals surface area contributed by atoms with E-state index in [1.165, 1.54) is 11.3 Å². The van der Waals surface area contributed by atoms with Crippen LogP contribution in [-0.2, 0) is 0 Å². The van der Waals surface area contributed by atoms with E-state index in [4.69, 9.17) is 10.2 Å². The third-order valence-corrected chi connectivity index (χ3v) is 4.70. The summed E-state index contributed by atoms with van der Waals surface area (Å²) >= 11 is 1.37. The second-order valence-electron chi connectivity index (χ2n) is 5.15. The topological polar surface area (TPSA) is 72.4 Å². The fraction of sp³-hybridized carbons (Fsp3) is 0.429. The zero-order chi connectivity index (χ0) is 14.1. The summed E-state index contributed by atoms with van der Waals surface area (Å²) < 4.78 is 5.30. The average Bonchev–Trinajstić information content (AvgIpc) is 3.17. The SMILES string of the molecule is CC1CC(CN)CN1C(=O)c1cnc(-c2ccco2)s1.Cl.Cl. The lowest BCUT2D eigenvalue weighted by Gasteiger charge is -2.20. The molecule has 1 aliphatic rings. The van der Waals surface area contributed by atoms with Crippen LogP contribution in [0, 0.1) is 5.92 Å². The summed E-state index contributed by atoms with van der Waals surface area (Å²) in [7, 11) is 0. The van der Waals surface area contributed by atoms with Crippen molar-refractivity contribution in [2.24, 2.45) is 11.7 Å². The molecule has 0 saturated carbocycles. The summed E-state index contributed by atoms with van der Waals surface area (Å²) in [4.78, 5) is 19.3. The van der Waals surface area contributed by atoms with E-state index in [2.05, 4.69) is 11.9 Å². The molecule has 2 aromatic rings. The van der Waals surface area contributed by atoms with Crippen molar-refractivity contribution in [2.45, 2.75) is 19.4 Å². The van der Waals surface area contributed by atoms with E-state index in [9.17, 15) is 4.79 Å². The van der Waals surface area contributed by atoms with Crippen molar-refractivity contribution in [3.63, 3.8) is 0 Å². The van der Waals surface area contributed by atoms with Crippen LogP contribution in [0.2, 0.25) is 0 Å². The highest BCUT2D eigenvalue weighted by Crippen LogP contribution is 2.29. The van der Waals surface area contributed by atoms with Gasteiger partial charge in [0, 0.05) is 12.6 Å². The van der Waals surface area contributed by atoms with Gasteiger partial charge in [-0.05, 0) is 37.9 Å². The zero-order valence-corrected chi connectivity index (χ0v) is 14.5. The van der Waals surface area contributed by atoms with E-state index >= 15 is 0 Å². The molecule has 2 aromatic heterocycles. The summed E-state index contributed by atoms with van der Waals surface area (Å²) in [5, 5.41) is 0.737. The number of carbonyl (C=O) groups is 1. The van der Waals surface area contributed by atoms with Gasteiger partial charge < -0.3 is 15.1 Å². The minimum Gasteiger partial charge on any atom is -0.462 e. The normalized spacial score (nSPS) is 20.4. The number of furan rings is 1. The molecule has 1 saturated heterocycles. The molecule has 1 fully saturated rings. The quantitative estimate of drug-likeness (QED) is 0.909. The number of amides is 1. The summed E-state index contributed by atoms with van der Waals surface area (Å²) in [6.45, 7) is 3.45. The fourth-order valence-corrected chi connectivity index (χ4v) is 3.47. The molecule has 0 spiro atoms. The average molecular weight is 364 g/mol. The molecule has 1 amide bonds. The lowest BCUT2D eigenvalue weighted by Crippen LogP contribution is -2.33. The highest BCUT2D eigenvalue weighted by molar-refractivity contribution is 7.16. The summed E-state index contributed by atoms with van der Waals surface area (Å²) in [6, 6.07) is 3.90. The van der Waals surface area contributed by atoms with E-state index in [1.807, 2.05) is 17.0 Å². The monoisotopic (exact) mass is 363 g/mol. The fourth-order valence-electron chi connectivity index (χ4n) is 2.62. The molecule has 3 heterocycles. The van der Waals surface area contributed by atoms with Gasteiger partial charge in [0.15, 0.2) is 10.8 Å². The molecule has 2 unspecified atom stereocenters. The van der Waals surface area contributed by atoms with Gasteiger partial charge in [0.25, 0.3) is 5.91 Å². The number of carbonyl (C=O) groups excluding carboxylic acids is 1. The van der Waals surface area contributed by atoms with Gasteiger partial charge in [-0.2, -0.15) is 0 Å². The third kappa shape index (κ3) is 3.63. The van der Waals surface area contributed by atoms with E-state index in [-0.39, 0.29) is 36.8 Å². The van der Waals surface area contributed by atoms with E-state index in [0.717, 1.165) is 18.0 Å². The number of aromatic nitrogens is 1. The van der Waals surface area contributed by atoms with Crippen molar-refractivity contribution in [2.75, 3.05) is 13.1 Å². The maximum absolute atomic E-state index is 12.5. The van der Waals surface area contributed by atoms with Crippen LogP contribution in [0.5, 0.6) is 0 Å². The van der Waals surface area contributed by atoms with Gasteiger partial charge in [0.05, 0.1) is 12.5 Å². The van der Waals surface area contributed by atoms with Crippen LogP contribution in [0.3, 0.4) is 0 Å². The number of rotatable bonds is 3. The number of hydrogen-bond donors (Lipinski definition) is 1. The molecule has 3 rings (SSSR count). The van der Waals surface area contributed by atoms with Crippen LogP contribution in [0.1, 0.15) is 23.0 Å². The Morgan fingerprint density at radius 3 is 2.91 bits per heavy atom. The molecule has 5 nitrogen and oxygen atoms in total. The molecular weight excluding hydrogens is 345 g/mol. The van der Waals surface area contributed by atoms with Gasteiger partial charge >= 0.3 is 0 Å². The Labute approximate surface area is 145 Å². The lowest BCUT2D eigenvalue weighted by molar-refractivity contribution is 0.0748. The standard InChI is InChI=1S/C14H17N3O2S.2ClH/c1-9-5-10(6-15)8-17(9)14(18)12-7-16-13(20-12)11-3-2-4-19-11;;/h2-4,7,9-10H,5-6,8,15H2,1H3;2*1H. The van der Waals surface area contributed by atoms with Crippen LogP contribution in [0.25, 0.3) is 10.8 Å². The molecule has 2 atom stereocenters. The molecule has 8 heteroatoms. The minimum absolute atomic E-state index is 0. The highest BCUT2D eigenvalue weighted by atomic mass is 35.5. The Balaban J connectivity index is 0.00000121. The molecule has 0 aliphatic carbocycles. The van der Waals surface area contributed by atoms with Gasteiger partial charge in [0.2, 0.25) is 0 Å². The molecule has 0 aromatic carbocycles. The number of nitrogens with zero attached hydrogens (tertiary/aromatic N) is 2. The smallest absolute Gasteiger partial charge is 0.265 e. The maximum Gasteiger partial charge on any atom is 0.265 e. The van der Waals surface area contributed by atoms with Gasteiger partial charge in [-0.3, -0.25) is 4.79 Å². The maximum atomic E-state index is 12.5. The van der Waals surface area contributed by atoms with Crippen molar-refractivity contribution in [1.82, 2.24) is 9.88 Å². The molecule has 2 N–H and O–H groups in total. The molecule has 0 radical (unpaired) electrons. The zero-order valence-electron chi connectivity index (χ0n) is 12.1. The Morgan fingerprint density at radius 2 is 2.32 bits per heavy atom. The second-order valence-corrected chi connectivity index (χ2v) is 6.18. The van der Waals surface area contributed by atoms with Crippen LogP contribution in [-0.4, -0.2) is 34.9 Å². The van der Waals surface area contributed by atoms with Crippen molar-refractivity contribution in [3.8, 4) is 10.8 Å². The van der Waals surface area contributed by atoms with Crippen molar-refractivity contribution < 1.29 is 9.21 Å². The Bertz CT molecular complexity index is 603. The van der Waals surface area contributed by atoms with Crippen molar-refractivity contribution in [1.29, 1.82) is 0 Å². The summed E-state index contributed by atoms with van der Waals surface area (Å²) in [5.41, 5.74) is 5.71. The second kappa shape index (κ2) is 7.97. The Morgan fingerprint density at radius 1 is 1.55 bits per heavy atom. The van der Waals surface area contributed by atoms with E-state index in [0.29, 0.717) is 23.1 Å². The molecule has 22 heavy (non-hydrogen) atoms. The molecule has 1 aliphatic heterocycles. The minimum atomic E-state index is 0. The molecule has 0 bridgehead atoms. The third-order valence-electron chi connectivity index (χ3n) is 3.70. The Hall–Kier alpha value is -1.08.